The highest BCUT2D eigenvalue weighted by atomic mass is 19.4. The van der Waals surface area contributed by atoms with Crippen molar-refractivity contribution in [3.63, 3.8) is 0 Å². The van der Waals surface area contributed by atoms with Gasteiger partial charge in [0.25, 0.3) is 0 Å². The van der Waals surface area contributed by atoms with E-state index in [1.807, 2.05) is 0 Å². The van der Waals surface area contributed by atoms with E-state index >= 15 is 0 Å². The van der Waals surface area contributed by atoms with Crippen molar-refractivity contribution < 1.29 is 22.8 Å². The van der Waals surface area contributed by atoms with Gasteiger partial charge in [-0.15, -0.1) is 0 Å². The van der Waals surface area contributed by atoms with Crippen LogP contribution >= 0.6 is 0 Å². The van der Waals surface area contributed by atoms with Gasteiger partial charge in [-0.3, -0.25) is 9.59 Å². The standard InChI is InChI=1S/C17H15F3N2O2/c18-17(19,20)13-6-4-5-12(11-13)9-10-21-15(23)16(24)22-14-7-2-1-3-8-14/h1-8,11H,9-10H2,(H,21,23)(H,22,24). The van der Waals surface area contributed by atoms with Gasteiger partial charge in [0.15, 0.2) is 0 Å². The Morgan fingerprint density at radius 3 is 2.29 bits per heavy atom. The molecule has 0 radical (unpaired) electrons. The molecule has 0 aliphatic rings. The van der Waals surface area contributed by atoms with E-state index < -0.39 is 23.6 Å². The van der Waals surface area contributed by atoms with Crippen LogP contribution < -0.4 is 10.6 Å². The van der Waals surface area contributed by atoms with Gasteiger partial charge in [-0.25, -0.2) is 0 Å². The number of anilines is 1. The molecule has 4 nitrogen and oxygen atoms in total. The monoisotopic (exact) mass is 336 g/mol. The van der Waals surface area contributed by atoms with E-state index in [9.17, 15) is 22.8 Å². The maximum absolute atomic E-state index is 12.6. The fourth-order valence-electron chi connectivity index (χ4n) is 2.01. The molecule has 2 rings (SSSR count). The number of para-hydroxylation sites is 1. The van der Waals surface area contributed by atoms with Crippen molar-refractivity contribution in [2.75, 3.05) is 11.9 Å². The lowest BCUT2D eigenvalue weighted by atomic mass is 10.1. The molecule has 0 aliphatic heterocycles. The minimum atomic E-state index is -4.41. The summed E-state index contributed by atoms with van der Waals surface area (Å²) >= 11 is 0. The van der Waals surface area contributed by atoms with Crippen LogP contribution in [0.4, 0.5) is 18.9 Å². The molecule has 0 aromatic heterocycles. The quantitative estimate of drug-likeness (QED) is 0.843. The fraction of sp³-hybridized carbons (Fsp3) is 0.176. The van der Waals surface area contributed by atoms with E-state index in [-0.39, 0.29) is 13.0 Å². The smallest absolute Gasteiger partial charge is 0.347 e. The minimum absolute atomic E-state index is 0.0579. The van der Waals surface area contributed by atoms with Crippen LogP contribution in [0.1, 0.15) is 11.1 Å². The van der Waals surface area contributed by atoms with Crippen LogP contribution in [-0.2, 0) is 22.2 Å². The highest BCUT2D eigenvalue weighted by Gasteiger charge is 2.30. The summed E-state index contributed by atoms with van der Waals surface area (Å²) in [7, 11) is 0. The largest absolute Gasteiger partial charge is 0.416 e. The number of rotatable bonds is 4. The molecule has 24 heavy (non-hydrogen) atoms. The van der Waals surface area contributed by atoms with Gasteiger partial charge >= 0.3 is 18.0 Å². The molecule has 0 saturated heterocycles. The zero-order valence-corrected chi connectivity index (χ0v) is 12.6. The van der Waals surface area contributed by atoms with Gasteiger partial charge < -0.3 is 10.6 Å². The van der Waals surface area contributed by atoms with Crippen LogP contribution in [-0.4, -0.2) is 18.4 Å². The second kappa shape index (κ2) is 7.63. The van der Waals surface area contributed by atoms with E-state index in [0.29, 0.717) is 11.3 Å². The van der Waals surface area contributed by atoms with Crippen LogP contribution in [0, 0.1) is 0 Å². The molecule has 0 atom stereocenters. The van der Waals surface area contributed by atoms with Gasteiger partial charge in [0.2, 0.25) is 0 Å². The molecule has 0 heterocycles. The highest BCUT2D eigenvalue weighted by Crippen LogP contribution is 2.29. The number of hydrogen-bond acceptors (Lipinski definition) is 2. The lowest BCUT2D eigenvalue weighted by Gasteiger charge is -2.09. The molecule has 0 bridgehead atoms. The number of alkyl halides is 3. The summed E-state index contributed by atoms with van der Waals surface area (Å²) in [5.74, 6) is -1.67. The zero-order valence-electron chi connectivity index (χ0n) is 12.6. The number of carbonyl (C=O) groups is 2. The molecule has 2 amide bonds. The Kier molecular flexibility index (Phi) is 5.57. The number of hydrogen-bond donors (Lipinski definition) is 2. The summed E-state index contributed by atoms with van der Waals surface area (Å²) in [4.78, 5) is 23.3. The summed E-state index contributed by atoms with van der Waals surface area (Å²) in [6.07, 6.45) is -4.22. The van der Waals surface area contributed by atoms with Gasteiger partial charge in [-0.05, 0) is 30.2 Å². The predicted molar refractivity (Wildman–Crippen MR) is 83.2 cm³/mol. The highest BCUT2D eigenvalue weighted by molar-refractivity contribution is 6.39. The molecule has 0 saturated carbocycles. The Hall–Kier alpha value is -2.83. The Labute approximate surface area is 136 Å². The van der Waals surface area contributed by atoms with E-state index in [4.69, 9.17) is 0 Å². The van der Waals surface area contributed by atoms with Crippen molar-refractivity contribution in [1.82, 2.24) is 5.32 Å². The lowest BCUT2D eigenvalue weighted by molar-refractivity contribution is -0.137. The maximum Gasteiger partial charge on any atom is 0.416 e. The first-order chi connectivity index (χ1) is 11.4. The van der Waals surface area contributed by atoms with Crippen molar-refractivity contribution >= 4 is 17.5 Å². The Morgan fingerprint density at radius 1 is 0.917 bits per heavy atom. The Morgan fingerprint density at radius 2 is 1.62 bits per heavy atom. The number of amides is 2. The SMILES string of the molecule is O=C(NCCc1cccc(C(F)(F)F)c1)C(=O)Nc1ccccc1. The van der Waals surface area contributed by atoms with Crippen LogP contribution in [0.5, 0.6) is 0 Å². The maximum atomic E-state index is 12.6. The van der Waals surface area contributed by atoms with E-state index in [1.165, 1.54) is 12.1 Å². The van der Waals surface area contributed by atoms with Gasteiger partial charge in [0.1, 0.15) is 0 Å². The molecule has 2 N–H and O–H groups in total. The number of carbonyl (C=O) groups excluding carboxylic acids is 2. The minimum Gasteiger partial charge on any atom is -0.347 e. The van der Waals surface area contributed by atoms with Gasteiger partial charge in [-0.2, -0.15) is 13.2 Å². The number of nitrogens with one attached hydrogen (secondary N) is 2. The van der Waals surface area contributed by atoms with Gasteiger partial charge in [-0.1, -0.05) is 36.4 Å². The molecule has 0 spiro atoms. The van der Waals surface area contributed by atoms with Gasteiger partial charge in [0.05, 0.1) is 5.56 Å². The molecule has 0 fully saturated rings. The number of halogens is 3. The third-order valence-corrected chi connectivity index (χ3v) is 3.19. The topological polar surface area (TPSA) is 58.2 Å². The van der Waals surface area contributed by atoms with Crippen molar-refractivity contribution in [3.05, 3.63) is 65.7 Å². The van der Waals surface area contributed by atoms with E-state index in [0.717, 1.165) is 12.1 Å². The van der Waals surface area contributed by atoms with Crippen molar-refractivity contribution in [2.24, 2.45) is 0 Å². The molecule has 7 heteroatoms. The summed E-state index contributed by atoms with van der Waals surface area (Å²) in [6, 6.07) is 13.3. The summed E-state index contributed by atoms with van der Waals surface area (Å²) in [5.41, 5.74) is 0.164. The van der Waals surface area contributed by atoms with Crippen LogP contribution in [0.3, 0.4) is 0 Å². The normalized spacial score (nSPS) is 11.0. The Balaban J connectivity index is 1.83. The Bertz CT molecular complexity index is 715. The van der Waals surface area contributed by atoms with Crippen LogP contribution in [0.25, 0.3) is 0 Å². The third kappa shape index (κ3) is 5.12. The average Bonchev–Trinajstić information content (AvgIpc) is 2.55. The fourth-order valence-corrected chi connectivity index (χ4v) is 2.01. The first-order valence-electron chi connectivity index (χ1n) is 7.16. The molecule has 126 valence electrons. The zero-order chi connectivity index (χ0) is 17.6. The van der Waals surface area contributed by atoms with Crippen molar-refractivity contribution in [1.29, 1.82) is 0 Å². The first-order valence-corrected chi connectivity index (χ1v) is 7.16. The first kappa shape index (κ1) is 17.5. The summed E-state index contributed by atoms with van der Waals surface area (Å²) in [5, 5.41) is 4.80. The van der Waals surface area contributed by atoms with E-state index in [2.05, 4.69) is 10.6 Å². The molecule has 2 aromatic carbocycles. The number of benzene rings is 2. The summed E-state index contributed by atoms with van der Waals surface area (Å²) in [6.45, 7) is 0.0579. The second-order valence-corrected chi connectivity index (χ2v) is 5.02. The van der Waals surface area contributed by atoms with Crippen LogP contribution in [0.15, 0.2) is 54.6 Å². The molecular weight excluding hydrogens is 321 g/mol. The van der Waals surface area contributed by atoms with Crippen molar-refractivity contribution in [3.8, 4) is 0 Å². The lowest BCUT2D eigenvalue weighted by Crippen LogP contribution is -2.36. The van der Waals surface area contributed by atoms with Gasteiger partial charge in [0, 0.05) is 12.2 Å². The molecule has 0 aliphatic carbocycles. The molecule has 2 aromatic rings. The summed E-state index contributed by atoms with van der Waals surface area (Å²) < 4.78 is 37.8. The second-order valence-electron chi connectivity index (χ2n) is 5.02. The molecular formula is C17H15F3N2O2. The average molecular weight is 336 g/mol. The predicted octanol–water partition coefficient (Wildman–Crippen LogP) is 3.00. The molecule has 0 unspecified atom stereocenters. The van der Waals surface area contributed by atoms with Crippen molar-refractivity contribution in [2.45, 2.75) is 12.6 Å². The van der Waals surface area contributed by atoms with Crippen LogP contribution in [0.2, 0.25) is 0 Å². The third-order valence-electron chi connectivity index (χ3n) is 3.19. The van der Waals surface area contributed by atoms with E-state index in [1.54, 1.807) is 30.3 Å².